The lowest BCUT2D eigenvalue weighted by Gasteiger charge is -2.20. The second kappa shape index (κ2) is 16.9. The molecule has 1 saturated heterocycles. The molecular weight excluding hydrogens is 656 g/mol. The van der Waals surface area contributed by atoms with Gasteiger partial charge in [0.15, 0.2) is 11.6 Å². The molecule has 0 bridgehead atoms. The van der Waals surface area contributed by atoms with Crippen LogP contribution in [0.3, 0.4) is 0 Å². The fraction of sp³-hybridized carbons (Fsp3) is 0.561. The van der Waals surface area contributed by atoms with Gasteiger partial charge in [0.1, 0.15) is 0 Å². The van der Waals surface area contributed by atoms with E-state index in [1.807, 2.05) is 17.5 Å². The number of thiophene rings is 1. The first-order valence-electron chi connectivity index (χ1n) is 18.7. The molecule has 268 valence electrons. The lowest BCUT2D eigenvalue weighted by molar-refractivity contribution is -0.137. The van der Waals surface area contributed by atoms with Crippen molar-refractivity contribution in [2.45, 2.75) is 121 Å². The molecule has 2 aromatic rings. The van der Waals surface area contributed by atoms with Gasteiger partial charge in [0, 0.05) is 58.4 Å². The number of ketones is 2. The van der Waals surface area contributed by atoms with Gasteiger partial charge in [-0.1, -0.05) is 18.6 Å². The summed E-state index contributed by atoms with van der Waals surface area (Å²) < 4.78 is 42.0. The summed E-state index contributed by atoms with van der Waals surface area (Å²) in [7, 11) is 2.12. The standard InChI is InChI=1S/C41H50F3N3O2S/c1-47-20-5-3-9-30(10-7-21-47)31-22-29(23-32(24-31)41(42,43)44)8-6-12-38(48)36-27-50-40-18-15-28(13-16-33(36)40)14-17-39(49)35-26-46-37-11-2-4-19-45-25-34(35)37/h4,19,22-28,30,37H,2-3,5-18,20-21H2,1H3/b19-4-,45-25?. The zero-order valence-corrected chi connectivity index (χ0v) is 30.1. The quantitative estimate of drug-likeness (QED) is 0.183. The van der Waals surface area contributed by atoms with Gasteiger partial charge in [-0.3, -0.25) is 19.6 Å². The van der Waals surface area contributed by atoms with Crippen molar-refractivity contribution in [3.05, 3.63) is 79.7 Å². The fourth-order valence-electron chi connectivity index (χ4n) is 8.18. The molecule has 0 amide bonds. The van der Waals surface area contributed by atoms with Gasteiger partial charge >= 0.3 is 6.18 Å². The molecule has 4 aliphatic rings. The van der Waals surface area contributed by atoms with E-state index < -0.39 is 11.7 Å². The zero-order valence-electron chi connectivity index (χ0n) is 29.3. The number of nitrogens with zero attached hydrogens (tertiary/aromatic N) is 3. The Kier molecular flexibility index (Phi) is 12.4. The molecule has 9 heteroatoms. The van der Waals surface area contributed by atoms with Gasteiger partial charge in [-0.15, -0.1) is 11.3 Å². The van der Waals surface area contributed by atoms with E-state index in [9.17, 15) is 22.8 Å². The van der Waals surface area contributed by atoms with Crippen molar-refractivity contribution in [2.24, 2.45) is 15.9 Å². The minimum Gasteiger partial charge on any atom is -0.306 e. The first kappa shape index (κ1) is 36.6. The number of benzene rings is 1. The molecule has 50 heavy (non-hydrogen) atoms. The molecule has 1 aromatic carbocycles. The number of carbonyl (C=O) groups is 2. The molecule has 0 spiro atoms. The van der Waals surface area contributed by atoms with Crippen LogP contribution < -0.4 is 0 Å². The van der Waals surface area contributed by atoms with Crippen LogP contribution in [0.2, 0.25) is 0 Å². The van der Waals surface area contributed by atoms with Gasteiger partial charge in [0.25, 0.3) is 0 Å². The van der Waals surface area contributed by atoms with Crippen LogP contribution in [-0.4, -0.2) is 55.1 Å². The lowest BCUT2D eigenvalue weighted by Crippen LogP contribution is -2.20. The third-order valence-corrected chi connectivity index (χ3v) is 12.2. The van der Waals surface area contributed by atoms with E-state index in [2.05, 4.69) is 21.9 Å². The highest BCUT2D eigenvalue weighted by atomic mass is 32.1. The number of alkyl halides is 3. The van der Waals surface area contributed by atoms with Gasteiger partial charge in [-0.05, 0) is 144 Å². The van der Waals surface area contributed by atoms with Crippen molar-refractivity contribution < 1.29 is 22.8 Å². The maximum absolute atomic E-state index is 14.0. The Morgan fingerprint density at radius 1 is 0.940 bits per heavy atom. The number of aliphatic imine (C=N–C) groups is 2. The molecular formula is C41H50F3N3O2S. The Morgan fingerprint density at radius 2 is 1.76 bits per heavy atom. The van der Waals surface area contributed by atoms with Crippen LogP contribution in [0.25, 0.3) is 0 Å². The molecule has 3 atom stereocenters. The topological polar surface area (TPSA) is 62.1 Å². The first-order valence-corrected chi connectivity index (χ1v) is 19.5. The van der Waals surface area contributed by atoms with E-state index in [0.717, 1.165) is 112 Å². The number of allylic oxidation sites excluding steroid dienone is 2. The normalized spacial score (nSPS) is 24.0. The number of hydrogen-bond acceptors (Lipinski definition) is 6. The summed E-state index contributed by atoms with van der Waals surface area (Å²) in [6.07, 6.45) is 15.9. The highest BCUT2D eigenvalue weighted by molar-refractivity contribution is 7.10. The zero-order chi connectivity index (χ0) is 35.1. The molecule has 0 radical (unpaired) electrons. The summed E-state index contributed by atoms with van der Waals surface area (Å²) in [6.45, 7) is 2.01. The average Bonchev–Trinajstić information content (AvgIpc) is 3.64. The van der Waals surface area contributed by atoms with E-state index in [-0.39, 0.29) is 23.5 Å². The fourth-order valence-corrected chi connectivity index (χ4v) is 9.30. The molecule has 0 N–H and O–H groups in total. The van der Waals surface area contributed by atoms with Crippen LogP contribution in [0.5, 0.6) is 0 Å². The Morgan fingerprint density at radius 3 is 2.62 bits per heavy atom. The summed E-state index contributed by atoms with van der Waals surface area (Å²) in [5, 5.41) is 1.99. The predicted molar refractivity (Wildman–Crippen MR) is 197 cm³/mol. The molecule has 1 aromatic heterocycles. The molecule has 6 rings (SSSR count). The number of fused-ring (bicyclic) bond motifs is 2. The Hall–Kier alpha value is -3.17. The van der Waals surface area contributed by atoms with Gasteiger partial charge in [-0.25, -0.2) is 0 Å². The summed E-state index contributed by atoms with van der Waals surface area (Å²) >= 11 is 1.65. The number of aryl methyl sites for hydroxylation is 2. The second-order valence-corrected chi connectivity index (χ2v) is 15.7. The number of hydrogen-bond donors (Lipinski definition) is 0. The van der Waals surface area contributed by atoms with E-state index in [4.69, 9.17) is 0 Å². The van der Waals surface area contributed by atoms with Crippen molar-refractivity contribution in [3.63, 3.8) is 0 Å². The van der Waals surface area contributed by atoms with Crippen molar-refractivity contribution in [3.8, 4) is 0 Å². The van der Waals surface area contributed by atoms with Crippen LogP contribution in [0.1, 0.15) is 127 Å². The monoisotopic (exact) mass is 705 g/mol. The number of rotatable bonds is 10. The summed E-state index contributed by atoms with van der Waals surface area (Å²) in [4.78, 5) is 39.2. The predicted octanol–water partition coefficient (Wildman–Crippen LogP) is 9.92. The van der Waals surface area contributed by atoms with Crippen molar-refractivity contribution >= 4 is 35.3 Å². The number of Topliss-reactive ketones (excluding diaryl/α,β-unsaturated/α-hetero) is 2. The van der Waals surface area contributed by atoms with E-state index >= 15 is 0 Å². The largest absolute Gasteiger partial charge is 0.416 e. The highest BCUT2D eigenvalue weighted by Crippen LogP contribution is 2.37. The number of halogens is 3. The third-order valence-electron chi connectivity index (χ3n) is 11.1. The number of carbonyl (C=O) groups excluding carboxylic acids is 2. The van der Waals surface area contributed by atoms with Gasteiger partial charge in [-0.2, -0.15) is 13.2 Å². The molecule has 0 saturated carbocycles. The summed E-state index contributed by atoms with van der Waals surface area (Å²) in [6, 6.07) is 4.66. The van der Waals surface area contributed by atoms with Crippen LogP contribution in [0, 0.1) is 5.92 Å². The lowest BCUT2D eigenvalue weighted by atomic mass is 9.87. The van der Waals surface area contributed by atoms with Crippen molar-refractivity contribution in [1.29, 1.82) is 0 Å². The maximum Gasteiger partial charge on any atom is 0.416 e. The Bertz CT molecular complexity index is 1650. The van der Waals surface area contributed by atoms with Crippen LogP contribution in [-0.2, 0) is 30.2 Å². The SMILES string of the molecule is CN1CCCCC(c2cc(CCCC(=O)c3csc4c3CCC(CCC(=O)C3=C5C=N/C=C\CCC5N=C3)CC4)cc(C(F)(F)F)c2)CCC1. The van der Waals surface area contributed by atoms with Gasteiger partial charge in [0.2, 0.25) is 0 Å². The van der Waals surface area contributed by atoms with E-state index in [1.54, 1.807) is 30.0 Å². The molecule has 5 nitrogen and oxygen atoms in total. The minimum atomic E-state index is -4.40. The molecule has 4 heterocycles. The molecule has 3 aliphatic heterocycles. The van der Waals surface area contributed by atoms with Crippen molar-refractivity contribution in [2.75, 3.05) is 20.1 Å². The van der Waals surface area contributed by atoms with Gasteiger partial charge < -0.3 is 4.90 Å². The molecule has 1 fully saturated rings. The van der Waals surface area contributed by atoms with Crippen molar-refractivity contribution in [1.82, 2.24) is 4.90 Å². The second-order valence-electron chi connectivity index (χ2n) is 14.7. The highest BCUT2D eigenvalue weighted by Gasteiger charge is 2.32. The summed E-state index contributed by atoms with van der Waals surface area (Å²) in [5.74, 6) is 0.765. The van der Waals surface area contributed by atoms with E-state index in [0.29, 0.717) is 42.7 Å². The Balaban J connectivity index is 1.03. The smallest absolute Gasteiger partial charge is 0.306 e. The first-order chi connectivity index (χ1) is 24.2. The average molecular weight is 706 g/mol. The third kappa shape index (κ3) is 9.38. The summed E-state index contributed by atoms with van der Waals surface area (Å²) in [5.41, 5.74) is 4.49. The molecule has 1 aliphatic carbocycles. The van der Waals surface area contributed by atoms with E-state index in [1.165, 1.54) is 17.0 Å². The Labute approximate surface area is 298 Å². The molecule has 3 unspecified atom stereocenters. The van der Waals surface area contributed by atoms with Crippen LogP contribution >= 0.6 is 11.3 Å². The van der Waals surface area contributed by atoms with Crippen LogP contribution in [0.4, 0.5) is 13.2 Å². The van der Waals surface area contributed by atoms with Gasteiger partial charge in [0.05, 0.1) is 11.6 Å². The maximum atomic E-state index is 14.0. The van der Waals surface area contributed by atoms with Crippen LogP contribution in [0.15, 0.2) is 57.0 Å². The minimum absolute atomic E-state index is 0.0261.